The van der Waals surface area contributed by atoms with E-state index < -0.39 is 11.6 Å². The number of benzene rings is 1. The van der Waals surface area contributed by atoms with Crippen LogP contribution >= 0.6 is 0 Å². The Morgan fingerprint density at radius 1 is 0.818 bits per heavy atom. The molecule has 33 heavy (non-hydrogen) atoms. The maximum absolute atomic E-state index is 14.9. The van der Waals surface area contributed by atoms with Gasteiger partial charge in [-0.15, -0.1) is 6.58 Å². The van der Waals surface area contributed by atoms with Crippen molar-refractivity contribution in [2.45, 2.75) is 103 Å². The van der Waals surface area contributed by atoms with Crippen molar-refractivity contribution in [2.24, 2.45) is 29.6 Å². The van der Waals surface area contributed by atoms with Crippen LogP contribution in [-0.4, -0.2) is 0 Å². The Bertz CT molecular complexity index is 801. The SMILES string of the molecule is C=CCCc1ccc(C2CCC3CC(C4CCC(CC/C=C/C)CC4)CCC3C2)c(F)c1F. The van der Waals surface area contributed by atoms with Gasteiger partial charge in [0.15, 0.2) is 11.6 Å². The van der Waals surface area contributed by atoms with E-state index in [1.807, 2.05) is 12.1 Å². The lowest BCUT2D eigenvalue weighted by molar-refractivity contribution is 0.0708. The molecule has 0 heterocycles. The van der Waals surface area contributed by atoms with Crippen molar-refractivity contribution in [3.63, 3.8) is 0 Å². The fraction of sp³-hybridized carbons (Fsp3) is 0.677. The van der Waals surface area contributed by atoms with E-state index in [1.165, 1.54) is 64.2 Å². The third kappa shape index (κ3) is 5.98. The highest BCUT2D eigenvalue weighted by Gasteiger charge is 2.39. The molecule has 0 amide bonds. The smallest absolute Gasteiger partial charge is 0.162 e. The molecule has 3 aliphatic rings. The molecule has 1 aromatic carbocycles. The Morgan fingerprint density at radius 3 is 2.21 bits per heavy atom. The first kappa shape index (κ1) is 24.7. The number of hydrogen-bond donors (Lipinski definition) is 0. The minimum Gasteiger partial charge on any atom is -0.203 e. The molecule has 4 atom stereocenters. The Morgan fingerprint density at radius 2 is 1.48 bits per heavy atom. The number of halogens is 2. The second-order valence-electron chi connectivity index (χ2n) is 11.3. The van der Waals surface area contributed by atoms with E-state index in [0.717, 1.165) is 36.5 Å². The lowest BCUT2D eigenvalue weighted by atomic mass is 9.60. The fourth-order valence-electron chi connectivity index (χ4n) is 7.45. The van der Waals surface area contributed by atoms with Crippen molar-refractivity contribution in [1.82, 2.24) is 0 Å². The summed E-state index contributed by atoms with van der Waals surface area (Å²) in [5, 5.41) is 0. The molecule has 4 unspecified atom stereocenters. The van der Waals surface area contributed by atoms with E-state index >= 15 is 0 Å². The normalized spacial score (nSPS) is 32.6. The second kappa shape index (κ2) is 11.8. The van der Waals surface area contributed by atoms with Crippen molar-refractivity contribution in [2.75, 3.05) is 0 Å². The highest BCUT2D eigenvalue weighted by molar-refractivity contribution is 5.30. The summed E-state index contributed by atoms with van der Waals surface area (Å²) in [5.74, 6) is 3.31. The van der Waals surface area contributed by atoms with Crippen LogP contribution in [0.4, 0.5) is 8.78 Å². The third-order valence-electron chi connectivity index (χ3n) is 9.44. The molecule has 1 aromatic rings. The first-order valence-corrected chi connectivity index (χ1v) is 13.8. The average Bonchev–Trinajstić information content (AvgIpc) is 2.85. The molecule has 182 valence electrons. The van der Waals surface area contributed by atoms with Crippen LogP contribution in [0.3, 0.4) is 0 Å². The van der Waals surface area contributed by atoms with E-state index in [2.05, 4.69) is 25.7 Å². The van der Waals surface area contributed by atoms with Crippen LogP contribution in [0, 0.1) is 41.2 Å². The zero-order valence-corrected chi connectivity index (χ0v) is 20.7. The lowest BCUT2D eigenvalue weighted by Crippen LogP contribution is -2.34. The van der Waals surface area contributed by atoms with Gasteiger partial charge in [-0.2, -0.15) is 0 Å². The topological polar surface area (TPSA) is 0 Å². The molecule has 3 aliphatic carbocycles. The van der Waals surface area contributed by atoms with Crippen LogP contribution in [0.5, 0.6) is 0 Å². The van der Waals surface area contributed by atoms with Crippen LogP contribution in [0.2, 0.25) is 0 Å². The molecule has 0 nitrogen and oxygen atoms in total. The second-order valence-corrected chi connectivity index (χ2v) is 11.3. The van der Waals surface area contributed by atoms with Crippen LogP contribution in [-0.2, 0) is 6.42 Å². The summed E-state index contributed by atoms with van der Waals surface area (Å²) >= 11 is 0. The number of allylic oxidation sites excluding steroid dienone is 3. The fourth-order valence-corrected chi connectivity index (χ4v) is 7.45. The molecule has 0 N–H and O–H groups in total. The molecule has 4 rings (SSSR count). The van der Waals surface area contributed by atoms with Crippen molar-refractivity contribution < 1.29 is 8.78 Å². The highest BCUT2D eigenvalue weighted by atomic mass is 19.2. The summed E-state index contributed by atoms with van der Waals surface area (Å²) in [6, 6.07) is 3.69. The Balaban J connectivity index is 1.29. The van der Waals surface area contributed by atoms with Gasteiger partial charge in [-0.25, -0.2) is 8.78 Å². The summed E-state index contributed by atoms with van der Waals surface area (Å²) in [7, 11) is 0. The molecular weight excluding hydrogens is 410 g/mol. The summed E-state index contributed by atoms with van der Waals surface area (Å²) in [6.07, 6.45) is 23.2. The zero-order valence-electron chi connectivity index (χ0n) is 20.7. The first-order chi connectivity index (χ1) is 16.1. The van der Waals surface area contributed by atoms with E-state index in [9.17, 15) is 8.78 Å². The van der Waals surface area contributed by atoms with Gasteiger partial charge in [0.1, 0.15) is 0 Å². The van der Waals surface area contributed by atoms with Gasteiger partial charge in [0.05, 0.1) is 0 Å². The summed E-state index contributed by atoms with van der Waals surface area (Å²) in [4.78, 5) is 0. The third-order valence-corrected chi connectivity index (χ3v) is 9.44. The predicted octanol–water partition coefficient (Wildman–Crippen LogP) is 9.55. The summed E-state index contributed by atoms with van der Waals surface area (Å²) in [6.45, 7) is 5.81. The minimum absolute atomic E-state index is 0.193. The molecule has 0 spiro atoms. The van der Waals surface area contributed by atoms with Gasteiger partial charge in [-0.1, -0.05) is 43.2 Å². The summed E-state index contributed by atoms with van der Waals surface area (Å²) < 4.78 is 29.6. The quantitative estimate of drug-likeness (QED) is 0.343. The van der Waals surface area contributed by atoms with Crippen LogP contribution in [0.15, 0.2) is 36.9 Å². The maximum atomic E-state index is 14.9. The van der Waals surface area contributed by atoms with Gasteiger partial charge in [0.25, 0.3) is 0 Å². The Hall–Kier alpha value is -1.44. The number of aryl methyl sites for hydroxylation is 1. The highest BCUT2D eigenvalue weighted by Crippen LogP contribution is 2.51. The van der Waals surface area contributed by atoms with Gasteiger partial charge in [-0.3, -0.25) is 0 Å². The molecule has 0 aromatic heterocycles. The van der Waals surface area contributed by atoms with Gasteiger partial charge in [-0.05, 0) is 131 Å². The minimum atomic E-state index is -0.624. The molecule has 0 bridgehead atoms. The van der Waals surface area contributed by atoms with E-state index in [-0.39, 0.29) is 5.92 Å². The molecule has 0 radical (unpaired) electrons. The lowest BCUT2D eigenvalue weighted by Gasteiger charge is -2.45. The number of rotatable bonds is 8. The van der Waals surface area contributed by atoms with Gasteiger partial charge >= 0.3 is 0 Å². The monoisotopic (exact) mass is 454 g/mol. The number of hydrogen-bond acceptors (Lipinski definition) is 0. The Kier molecular flexibility index (Phi) is 8.83. The average molecular weight is 455 g/mol. The van der Waals surface area contributed by atoms with Crippen molar-refractivity contribution in [1.29, 1.82) is 0 Å². The van der Waals surface area contributed by atoms with Crippen molar-refractivity contribution >= 4 is 0 Å². The van der Waals surface area contributed by atoms with Crippen LogP contribution in [0.25, 0.3) is 0 Å². The van der Waals surface area contributed by atoms with Crippen molar-refractivity contribution in [3.8, 4) is 0 Å². The van der Waals surface area contributed by atoms with Crippen LogP contribution < -0.4 is 0 Å². The standard InChI is InChI=1S/C31H44F2/c1-3-5-7-8-22-10-12-23(13-11-22)25-14-15-27-21-28(17-16-26(27)20-25)29-19-18-24(9-6-4-2)30(32)31(29)33/h3-5,18-19,22-23,25-28H,2,6-17,20-21H2,1H3/b5-3+. The molecule has 0 saturated heterocycles. The van der Waals surface area contributed by atoms with Gasteiger partial charge < -0.3 is 0 Å². The predicted molar refractivity (Wildman–Crippen MR) is 135 cm³/mol. The van der Waals surface area contributed by atoms with Gasteiger partial charge in [0, 0.05) is 0 Å². The zero-order chi connectivity index (χ0) is 23.2. The van der Waals surface area contributed by atoms with E-state index in [0.29, 0.717) is 29.9 Å². The first-order valence-electron chi connectivity index (χ1n) is 13.8. The van der Waals surface area contributed by atoms with E-state index in [1.54, 1.807) is 6.08 Å². The molecule has 3 saturated carbocycles. The largest absolute Gasteiger partial charge is 0.203 e. The van der Waals surface area contributed by atoms with E-state index in [4.69, 9.17) is 0 Å². The van der Waals surface area contributed by atoms with Crippen molar-refractivity contribution in [3.05, 3.63) is 59.7 Å². The molecular formula is C31H44F2. The van der Waals surface area contributed by atoms with Gasteiger partial charge in [0.2, 0.25) is 0 Å². The van der Waals surface area contributed by atoms with Crippen LogP contribution in [0.1, 0.15) is 107 Å². The summed E-state index contributed by atoms with van der Waals surface area (Å²) in [5.41, 5.74) is 1.12. The Labute approximate surface area is 200 Å². The molecule has 0 aliphatic heterocycles. The maximum Gasteiger partial charge on any atom is 0.162 e. The molecule has 2 heteroatoms. The molecule has 3 fully saturated rings. The number of fused-ring (bicyclic) bond motifs is 1.